The number of likely N-dealkylation sites (tertiary alicyclic amines) is 1. The molecule has 1 saturated heterocycles. The van der Waals surface area contributed by atoms with Crippen LogP contribution in [0.3, 0.4) is 0 Å². The molecule has 2 rings (SSSR count). The second-order valence-corrected chi connectivity index (χ2v) is 4.39. The predicted octanol–water partition coefficient (Wildman–Crippen LogP) is 1.42. The van der Waals surface area contributed by atoms with Gasteiger partial charge in [0.25, 0.3) is 0 Å². The molecule has 2 N–H and O–H groups in total. The molecule has 4 nitrogen and oxygen atoms in total. The first-order chi connectivity index (χ1) is 7.66. The molecule has 0 radical (unpaired) electrons. The summed E-state index contributed by atoms with van der Waals surface area (Å²) in [6.45, 7) is 3.50. The maximum absolute atomic E-state index is 11.9. The number of pyridine rings is 1. The standard InChI is InChI=1S/C12H17N3O/c1-9-3-2-6-15(12(9)16)8-10-4-5-11(13)14-7-10/h4-5,7,9H,2-3,6,8H2,1H3,(H2,13,14). The monoisotopic (exact) mass is 219 g/mol. The van der Waals surface area contributed by atoms with Gasteiger partial charge in [0.2, 0.25) is 5.91 Å². The minimum Gasteiger partial charge on any atom is -0.384 e. The van der Waals surface area contributed by atoms with Crippen LogP contribution in [0, 0.1) is 5.92 Å². The molecule has 0 spiro atoms. The minimum absolute atomic E-state index is 0.162. The SMILES string of the molecule is CC1CCCN(Cc2ccc(N)nc2)C1=O. The van der Waals surface area contributed by atoms with Crippen molar-refractivity contribution in [2.45, 2.75) is 26.3 Å². The van der Waals surface area contributed by atoms with E-state index in [9.17, 15) is 4.79 Å². The lowest BCUT2D eigenvalue weighted by atomic mass is 9.99. The van der Waals surface area contributed by atoms with E-state index in [0.717, 1.165) is 24.9 Å². The van der Waals surface area contributed by atoms with Crippen LogP contribution in [0.2, 0.25) is 0 Å². The van der Waals surface area contributed by atoms with Crippen LogP contribution in [0.4, 0.5) is 5.82 Å². The molecular formula is C12H17N3O. The lowest BCUT2D eigenvalue weighted by Crippen LogP contribution is -2.39. The van der Waals surface area contributed by atoms with Crippen molar-refractivity contribution in [1.29, 1.82) is 0 Å². The topological polar surface area (TPSA) is 59.2 Å². The van der Waals surface area contributed by atoms with Gasteiger partial charge in [-0.15, -0.1) is 0 Å². The number of rotatable bonds is 2. The van der Waals surface area contributed by atoms with Crippen LogP contribution in [0.1, 0.15) is 25.3 Å². The largest absolute Gasteiger partial charge is 0.384 e. The van der Waals surface area contributed by atoms with Gasteiger partial charge in [-0.1, -0.05) is 13.0 Å². The van der Waals surface area contributed by atoms with E-state index >= 15 is 0 Å². The highest BCUT2D eigenvalue weighted by molar-refractivity contribution is 5.79. The van der Waals surface area contributed by atoms with Gasteiger partial charge in [0, 0.05) is 25.2 Å². The van der Waals surface area contributed by atoms with Crippen molar-refractivity contribution in [3.8, 4) is 0 Å². The summed E-state index contributed by atoms with van der Waals surface area (Å²) >= 11 is 0. The van der Waals surface area contributed by atoms with Crippen molar-refractivity contribution < 1.29 is 4.79 Å². The number of hydrogen-bond acceptors (Lipinski definition) is 3. The van der Waals surface area contributed by atoms with Gasteiger partial charge in [0.05, 0.1) is 0 Å². The van der Waals surface area contributed by atoms with Crippen molar-refractivity contribution in [2.75, 3.05) is 12.3 Å². The first kappa shape index (κ1) is 10.9. The van der Waals surface area contributed by atoms with Gasteiger partial charge in [0.15, 0.2) is 0 Å². The van der Waals surface area contributed by atoms with E-state index in [-0.39, 0.29) is 11.8 Å². The zero-order valence-electron chi connectivity index (χ0n) is 9.52. The number of amides is 1. The molecule has 1 unspecified atom stereocenters. The van der Waals surface area contributed by atoms with Crippen LogP contribution in [0.25, 0.3) is 0 Å². The molecule has 1 aromatic rings. The van der Waals surface area contributed by atoms with Crippen LogP contribution in [0.5, 0.6) is 0 Å². The van der Waals surface area contributed by atoms with E-state index in [1.54, 1.807) is 12.3 Å². The van der Waals surface area contributed by atoms with Crippen LogP contribution in [-0.4, -0.2) is 22.3 Å². The molecule has 2 heterocycles. The van der Waals surface area contributed by atoms with E-state index in [1.165, 1.54) is 0 Å². The van der Waals surface area contributed by atoms with Gasteiger partial charge >= 0.3 is 0 Å². The molecule has 0 aromatic carbocycles. The zero-order valence-corrected chi connectivity index (χ0v) is 9.52. The summed E-state index contributed by atoms with van der Waals surface area (Å²) in [5.41, 5.74) is 6.56. The Morgan fingerprint density at radius 3 is 3.06 bits per heavy atom. The summed E-state index contributed by atoms with van der Waals surface area (Å²) in [5.74, 6) is 0.931. The molecule has 1 aliphatic rings. The first-order valence-corrected chi connectivity index (χ1v) is 5.66. The molecule has 0 bridgehead atoms. The average molecular weight is 219 g/mol. The van der Waals surface area contributed by atoms with Crippen molar-refractivity contribution in [3.05, 3.63) is 23.9 Å². The second-order valence-electron chi connectivity index (χ2n) is 4.39. The number of nitrogens with two attached hydrogens (primary N) is 1. The van der Waals surface area contributed by atoms with Gasteiger partial charge in [-0.2, -0.15) is 0 Å². The molecule has 1 atom stereocenters. The highest BCUT2D eigenvalue weighted by atomic mass is 16.2. The number of nitrogens with zero attached hydrogens (tertiary/aromatic N) is 2. The number of piperidine rings is 1. The van der Waals surface area contributed by atoms with Crippen LogP contribution in [0.15, 0.2) is 18.3 Å². The molecular weight excluding hydrogens is 202 g/mol. The number of hydrogen-bond donors (Lipinski definition) is 1. The smallest absolute Gasteiger partial charge is 0.225 e. The van der Waals surface area contributed by atoms with E-state index in [2.05, 4.69) is 4.98 Å². The molecule has 86 valence electrons. The second kappa shape index (κ2) is 4.51. The Morgan fingerprint density at radius 1 is 1.56 bits per heavy atom. The quantitative estimate of drug-likeness (QED) is 0.818. The fourth-order valence-corrected chi connectivity index (χ4v) is 2.04. The third kappa shape index (κ3) is 2.32. The Hall–Kier alpha value is -1.58. The van der Waals surface area contributed by atoms with E-state index in [4.69, 9.17) is 5.73 Å². The third-order valence-corrected chi connectivity index (χ3v) is 3.02. The summed E-state index contributed by atoms with van der Waals surface area (Å²) in [4.78, 5) is 17.8. The Balaban J connectivity index is 2.03. The minimum atomic E-state index is 0.162. The van der Waals surface area contributed by atoms with Crippen LogP contribution < -0.4 is 5.73 Å². The molecule has 16 heavy (non-hydrogen) atoms. The summed E-state index contributed by atoms with van der Waals surface area (Å²) < 4.78 is 0. The van der Waals surface area contributed by atoms with Crippen LogP contribution >= 0.6 is 0 Å². The van der Waals surface area contributed by atoms with Crippen molar-refractivity contribution in [1.82, 2.24) is 9.88 Å². The molecule has 1 aliphatic heterocycles. The summed E-state index contributed by atoms with van der Waals surface area (Å²) in [5, 5.41) is 0. The van der Waals surface area contributed by atoms with E-state index in [0.29, 0.717) is 12.4 Å². The highest BCUT2D eigenvalue weighted by Gasteiger charge is 2.24. The molecule has 1 amide bonds. The van der Waals surface area contributed by atoms with Gasteiger partial charge in [-0.05, 0) is 24.5 Å². The lowest BCUT2D eigenvalue weighted by Gasteiger charge is -2.30. The summed E-state index contributed by atoms with van der Waals surface area (Å²) in [6.07, 6.45) is 3.84. The van der Waals surface area contributed by atoms with Crippen molar-refractivity contribution in [2.24, 2.45) is 5.92 Å². The van der Waals surface area contributed by atoms with Gasteiger partial charge < -0.3 is 10.6 Å². The average Bonchev–Trinajstić information content (AvgIpc) is 2.28. The lowest BCUT2D eigenvalue weighted by molar-refractivity contribution is -0.138. The molecule has 1 fully saturated rings. The van der Waals surface area contributed by atoms with E-state index < -0.39 is 0 Å². The maximum atomic E-state index is 11.9. The van der Waals surface area contributed by atoms with Gasteiger partial charge in [-0.3, -0.25) is 4.79 Å². The van der Waals surface area contributed by atoms with Crippen LogP contribution in [-0.2, 0) is 11.3 Å². The third-order valence-electron chi connectivity index (χ3n) is 3.02. The normalized spacial score (nSPS) is 21.2. The molecule has 0 saturated carbocycles. The zero-order chi connectivity index (χ0) is 11.5. The molecule has 1 aromatic heterocycles. The van der Waals surface area contributed by atoms with E-state index in [1.807, 2.05) is 17.9 Å². The Bertz CT molecular complexity index is 374. The number of anilines is 1. The maximum Gasteiger partial charge on any atom is 0.225 e. The van der Waals surface area contributed by atoms with Gasteiger partial charge in [0.1, 0.15) is 5.82 Å². The van der Waals surface area contributed by atoms with Gasteiger partial charge in [-0.25, -0.2) is 4.98 Å². The fourth-order valence-electron chi connectivity index (χ4n) is 2.04. The number of aromatic nitrogens is 1. The number of nitrogen functional groups attached to an aromatic ring is 1. The molecule has 4 heteroatoms. The number of carbonyl (C=O) groups is 1. The first-order valence-electron chi connectivity index (χ1n) is 5.66. The molecule has 0 aliphatic carbocycles. The Labute approximate surface area is 95.5 Å². The van der Waals surface area contributed by atoms with Crippen molar-refractivity contribution >= 4 is 11.7 Å². The Morgan fingerprint density at radius 2 is 2.38 bits per heavy atom. The summed E-state index contributed by atoms with van der Waals surface area (Å²) in [7, 11) is 0. The predicted molar refractivity (Wildman–Crippen MR) is 62.5 cm³/mol. The Kier molecular flexibility index (Phi) is 3.08. The number of carbonyl (C=O) groups excluding carboxylic acids is 1. The fraction of sp³-hybridized carbons (Fsp3) is 0.500. The summed E-state index contributed by atoms with van der Waals surface area (Å²) in [6, 6.07) is 3.70. The van der Waals surface area contributed by atoms with Crippen molar-refractivity contribution in [3.63, 3.8) is 0 Å². The highest BCUT2D eigenvalue weighted by Crippen LogP contribution is 2.19.